The van der Waals surface area contributed by atoms with Gasteiger partial charge in [0.2, 0.25) is 0 Å². The lowest BCUT2D eigenvalue weighted by molar-refractivity contribution is 0.669. The van der Waals surface area contributed by atoms with Crippen LogP contribution in [0.1, 0.15) is 5.56 Å². The molecule has 0 unspecified atom stereocenters. The highest BCUT2D eigenvalue weighted by Gasteiger charge is 2.18. The summed E-state index contributed by atoms with van der Waals surface area (Å²) >= 11 is 1.78. The van der Waals surface area contributed by atoms with Crippen molar-refractivity contribution < 1.29 is 4.42 Å². The van der Waals surface area contributed by atoms with E-state index in [2.05, 4.69) is 126 Å². The number of nitrogens with zero attached hydrogens (tertiary/aromatic N) is 1. The number of benzene rings is 7. The van der Waals surface area contributed by atoms with E-state index in [0.717, 1.165) is 44.0 Å². The molecule has 0 aliphatic heterocycles. The fourth-order valence-corrected chi connectivity index (χ4v) is 7.83. The molecule has 2 heterocycles. The van der Waals surface area contributed by atoms with Gasteiger partial charge < -0.3 is 14.7 Å². The van der Waals surface area contributed by atoms with Gasteiger partial charge in [0.1, 0.15) is 11.2 Å². The van der Waals surface area contributed by atoms with E-state index in [0.29, 0.717) is 0 Å². The Hall–Kier alpha value is -5.45. The Balaban J connectivity index is 1.22. The first kappa shape index (κ1) is 26.0. The number of nitrogens with two attached hydrogens (primary N) is 1. The van der Waals surface area contributed by atoms with Crippen LogP contribution in [0.2, 0.25) is 0 Å². The summed E-state index contributed by atoms with van der Waals surface area (Å²) in [6.45, 7) is 0. The van der Waals surface area contributed by atoms with Crippen LogP contribution in [0, 0.1) is 0 Å². The predicted octanol–water partition coefficient (Wildman–Crippen LogP) is 11.4. The average molecular weight is 597 g/mol. The molecule has 214 valence electrons. The Bertz CT molecular complexity index is 2560. The van der Waals surface area contributed by atoms with E-state index in [9.17, 15) is 0 Å². The molecule has 3 nitrogen and oxygen atoms in total. The summed E-state index contributed by atoms with van der Waals surface area (Å²) in [7, 11) is 0. The van der Waals surface area contributed by atoms with Gasteiger partial charge in [0, 0.05) is 32.5 Å². The van der Waals surface area contributed by atoms with Crippen LogP contribution in [-0.2, 0) is 5.75 Å². The first-order chi connectivity index (χ1) is 22.2. The van der Waals surface area contributed by atoms with Crippen LogP contribution < -0.4 is 5.73 Å². The van der Waals surface area contributed by atoms with Crippen molar-refractivity contribution in [3.63, 3.8) is 0 Å². The number of thioether (sulfide) groups is 1. The summed E-state index contributed by atoms with van der Waals surface area (Å²) in [5, 5.41) is 7.13. The molecule has 7 aromatic carbocycles. The fourth-order valence-electron chi connectivity index (χ4n) is 6.86. The molecule has 0 amide bonds. The largest absolute Gasteiger partial charge is 0.456 e. The van der Waals surface area contributed by atoms with Gasteiger partial charge in [-0.15, -0.1) is 11.8 Å². The van der Waals surface area contributed by atoms with Gasteiger partial charge in [-0.1, -0.05) is 103 Å². The van der Waals surface area contributed by atoms with Crippen molar-refractivity contribution in [1.29, 1.82) is 0 Å². The molecule has 4 heteroatoms. The van der Waals surface area contributed by atoms with Crippen molar-refractivity contribution in [2.45, 2.75) is 10.6 Å². The average Bonchev–Trinajstić information content (AvgIpc) is 3.64. The van der Waals surface area contributed by atoms with Crippen LogP contribution in [0.15, 0.2) is 155 Å². The number of hydrogen-bond donors (Lipinski definition) is 1. The Morgan fingerprint density at radius 1 is 0.533 bits per heavy atom. The Morgan fingerprint density at radius 2 is 1.24 bits per heavy atom. The number of furan rings is 1. The van der Waals surface area contributed by atoms with E-state index >= 15 is 0 Å². The molecule has 0 bridgehead atoms. The topological polar surface area (TPSA) is 44.1 Å². The molecule has 2 aromatic heterocycles. The molecule has 45 heavy (non-hydrogen) atoms. The van der Waals surface area contributed by atoms with Gasteiger partial charge in [-0.3, -0.25) is 0 Å². The number of fused-ring (bicyclic) bond motifs is 8. The maximum atomic E-state index is 6.83. The lowest BCUT2D eigenvalue weighted by Gasteiger charge is -2.13. The molecule has 9 rings (SSSR count). The molecule has 0 aliphatic carbocycles. The van der Waals surface area contributed by atoms with Crippen molar-refractivity contribution in [1.82, 2.24) is 4.57 Å². The molecule has 0 radical (unpaired) electrons. The van der Waals surface area contributed by atoms with Crippen LogP contribution in [0.4, 0.5) is 5.69 Å². The van der Waals surface area contributed by atoms with Crippen LogP contribution in [0.5, 0.6) is 0 Å². The van der Waals surface area contributed by atoms with Crippen molar-refractivity contribution in [2.75, 3.05) is 5.73 Å². The molecule has 0 spiro atoms. The second kappa shape index (κ2) is 10.3. The number of aromatic nitrogens is 1. The van der Waals surface area contributed by atoms with Crippen LogP contribution in [0.3, 0.4) is 0 Å². The van der Waals surface area contributed by atoms with Crippen LogP contribution >= 0.6 is 11.8 Å². The first-order valence-corrected chi connectivity index (χ1v) is 16.2. The number of rotatable bonds is 5. The second-order valence-electron chi connectivity index (χ2n) is 11.5. The minimum absolute atomic E-state index is 0.777. The summed E-state index contributed by atoms with van der Waals surface area (Å²) in [5.74, 6) is 0.785. The first-order valence-electron chi connectivity index (χ1n) is 15.2. The lowest BCUT2D eigenvalue weighted by atomic mass is 10.00. The summed E-state index contributed by atoms with van der Waals surface area (Å²) in [6, 6.07) is 51.7. The Kier molecular flexibility index (Phi) is 5.97. The van der Waals surface area contributed by atoms with Crippen molar-refractivity contribution >= 4 is 72.0 Å². The van der Waals surface area contributed by atoms with E-state index < -0.39 is 0 Å². The lowest BCUT2D eigenvalue weighted by Crippen LogP contribution is -1.96. The van der Waals surface area contributed by atoms with Gasteiger partial charge in [0.25, 0.3) is 0 Å². The molecule has 0 saturated carbocycles. The van der Waals surface area contributed by atoms with Crippen LogP contribution in [-0.4, -0.2) is 4.57 Å². The van der Waals surface area contributed by atoms with Crippen molar-refractivity contribution in [2.24, 2.45) is 0 Å². The third-order valence-corrected chi connectivity index (χ3v) is 10.0. The third-order valence-electron chi connectivity index (χ3n) is 8.90. The van der Waals surface area contributed by atoms with Gasteiger partial charge in [-0.05, 0) is 69.9 Å². The van der Waals surface area contributed by atoms with E-state index in [4.69, 9.17) is 10.2 Å². The monoisotopic (exact) mass is 596 g/mol. The number of nitrogen functional groups attached to an aromatic ring is 1. The quantitative estimate of drug-likeness (QED) is 0.159. The summed E-state index contributed by atoms with van der Waals surface area (Å²) in [6.07, 6.45) is 0. The summed E-state index contributed by atoms with van der Waals surface area (Å²) < 4.78 is 8.51. The molecular formula is C41H28N2OS. The van der Waals surface area contributed by atoms with E-state index in [1.54, 1.807) is 11.8 Å². The smallest absolute Gasteiger partial charge is 0.137 e. The van der Waals surface area contributed by atoms with Gasteiger partial charge >= 0.3 is 0 Å². The Morgan fingerprint density at radius 3 is 2.11 bits per heavy atom. The zero-order valence-electron chi connectivity index (χ0n) is 24.4. The SMILES string of the molecule is Nc1c(SCc2cc3c(c4ccccc24)c2ccccc2n3-c2cccc(-c3ccccc3)c2)ccc2oc3ccccc3c12. The summed E-state index contributed by atoms with van der Waals surface area (Å²) in [5.41, 5.74) is 16.5. The minimum Gasteiger partial charge on any atom is -0.456 e. The highest BCUT2D eigenvalue weighted by atomic mass is 32.2. The van der Waals surface area contributed by atoms with Crippen molar-refractivity contribution in [3.8, 4) is 16.8 Å². The molecular weight excluding hydrogens is 569 g/mol. The zero-order valence-corrected chi connectivity index (χ0v) is 25.2. The number of para-hydroxylation sites is 2. The maximum Gasteiger partial charge on any atom is 0.137 e. The maximum absolute atomic E-state index is 6.83. The predicted molar refractivity (Wildman–Crippen MR) is 191 cm³/mol. The molecule has 0 fully saturated rings. The van der Waals surface area contributed by atoms with Crippen molar-refractivity contribution in [3.05, 3.63) is 151 Å². The van der Waals surface area contributed by atoms with E-state index in [-0.39, 0.29) is 0 Å². The molecule has 0 atom stereocenters. The standard InChI is InChI=1S/C41H28N2OS/c42-41-38(22-21-37-40(41)33-18-7-9-20-36(33)44-37)45-25-28-24-35-39(31-16-5-4-15-30(28)31)32-17-6-8-19-34(32)43(35)29-14-10-13-27(23-29)26-11-2-1-3-12-26/h1-24H,25,42H2. The fraction of sp³-hybridized carbons (Fsp3) is 0.0244. The van der Waals surface area contributed by atoms with Crippen LogP contribution in [0.25, 0.3) is 71.3 Å². The van der Waals surface area contributed by atoms with E-state index in [1.165, 1.54) is 49.3 Å². The normalized spacial score (nSPS) is 11.8. The van der Waals surface area contributed by atoms with E-state index in [1.807, 2.05) is 24.3 Å². The molecule has 0 saturated heterocycles. The number of anilines is 1. The highest BCUT2D eigenvalue weighted by molar-refractivity contribution is 7.98. The summed E-state index contributed by atoms with van der Waals surface area (Å²) in [4.78, 5) is 1.06. The zero-order chi connectivity index (χ0) is 29.9. The number of hydrogen-bond acceptors (Lipinski definition) is 3. The molecule has 0 aliphatic rings. The second-order valence-corrected chi connectivity index (χ2v) is 12.5. The van der Waals surface area contributed by atoms with Gasteiger partial charge in [0.15, 0.2) is 0 Å². The van der Waals surface area contributed by atoms with Gasteiger partial charge in [0.05, 0.1) is 22.1 Å². The third kappa shape index (κ3) is 4.14. The highest BCUT2D eigenvalue weighted by Crippen LogP contribution is 2.42. The van der Waals surface area contributed by atoms with Gasteiger partial charge in [-0.25, -0.2) is 0 Å². The molecule has 2 N–H and O–H groups in total. The Labute approximate surface area is 264 Å². The van der Waals surface area contributed by atoms with Gasteiger partial charge in [-0.2, -0.15) is 0 Å². The minimum atomic E-state index is 0.777. The molecule has 9 aromatic rings.